The number of anilines is 1. The first kappa shape index (κ1) is 14.1. The van der Waals surface area contributed by atoms with Crippen molar-refractivity contribution >= 4 is 11.6 Å². The van der Waals surface area contributed by atoms with Crippen molar-refractivity contribution in [3.05, 3.63) is 29.3 Å². The lowest BCUT2D eigenvalue weighted by Crippen LogP contribution is -2.27. The van der Waals surface area contributed by atoms with Gasteiger partial charge in [-0.3, -0.25) is 4.79 Å². The predicted molar refractivity (Wildman–Crippen MR) is 79.3 cm³/mol. The number of nitrogens with one attached hydrogen (secondary N) is 2. The molecule has 0 saturated heterocycles. The Bertz CT molecular complexity index is 452. The molecular formula is C16H24N2O. The standard InChI is InChI=1S/C16H24N2O/c1-4-11(5-2)16(17-6-3)12-7-8-14-13(9-12)10-15(19)18-14/h7-9,11,16-17H,4-6,10H2,1-3H3,(H,18,19). The topological polar surface area (TPSA) is 41.1 Å². The van der Waals surface area contributed by atoms with E-state index in [1.54, 1.807) is 0 Å². The highest BCUT2D eigenvalue weighted by Crippen LogP contribution is 2.31. The molecule has 1 amide bonds. The lowest BCUT2D eigenvalue weighted by atomic mass is 9.88. The summed E-state index contributed by atoms with van der Waals surface area (Å²) in [4.78, 5) is 11.4. The van der Waals surface area contributed by atoms with Crippen molar-refractivity contribution in [1.82, 2.24) is 5.32 Å². The van der Waals surface area contributed by atoms with E-state index in [0.29, 0.717) is 18.4 Å². The van der Waals surface area contributed by atoms with Crippen LogP contribution in [0.2, 0.25) is 0 Å². The fourth-order valence-corrected chi connectivity index (χ4v) is 2.98. The number of carbonyl (C=O) groups excluding carboxylic acids is 1. The maximum absolute atomic E-state index is 11.4. The Labute approximate surface area is 115 Å². The fourth-order valence-electron chi connectivity index (χ4n) is 2.98. The molecule has 0 bridgehead atoms. The zero-order valence-corrected chi connectivity index (χ0v) is 12.1. The van der Waals surface area contributed by atoms with Crippen molar-refractivity contribution in [3.63, 3.8) is 0 Å². The third kappa shape index (κ3) is 2.98. The monoisotopic (exact) mass is 260 g/mol. The van der Waals surface area contributed by atoms with E-state index in [2.05, 4.69) is 43.5 Å². The minimum Gasteiger partial charge on any atom is -0.326 e. The van der Waals surface area contributed by atoms with Crippen LogP contribution < -0.4 is 10.6 Å². The summed E-state index contributed by atoms with van der Waals surface area (Å²) in [7, 11) is 0. The second kappa shape index (κ2) is 6.20. The summed E-state index contributed by atoms with van der Waals surface area (Å²) in [6, 6.07) is 6.78. The Balaban J connectivity index is 2.27. The average molecular weight is 260 g/mol. The van der Waals surface area contributed by atoms with Gasteiger partial charge in [0.15, 0.2) is 0 Å². The van der Waals surface area contributed by atoms with E-state index in [1.807, 2.05) is 6.07 Å². The second-order valence-corrected chi connectivity index (χ2v) is 5.25. The molecule has 0 radical (unpaired) electrons. The molecule has 104 valence electrons. The van der Waals surface area contributed by atoms with Gasteiger partial charge in [0.2, 0.25) is 5.91 Å². The lowest BCUT2D eigenvalue weighted by molar-refractivity contribution is -0.115. The normalized spacial score (nSPS) is 15.5. The molecule has 0 fully saturated rings. The number of amides is 1. The molecule has 19 heavy (non-hydrogen) atoms. The predicted octanol–water partition coefficient (Wildman–Crippen LogP) is 3.27. The van der Waals surface area contributed by atoms with Crippen molar-refractivity contribution in [1.29, 1.82) is 0 Å². The summed E-state index contributed by atoms with van der Waals surface area (Å²) in [6.07, 6.45) is 2.86. The van der Waals surface area contributed by atoms with Crippen LogP contribution in [0.15, 0.2) is 18.2 Å². The fraction of sp³-hybridized carbons (Fsp3) is 0.562. The van der Waals surface area contributed by atoms with Crippen molar-refractivity contribution < 1.29 is 4.79 Å². The maximum atomic E-state index is 11.4. The van der Waals surface area contributed by atoms with Crippen LogP contribution in [-0.2, 0) is 11.2 Å². The largest absolute Gasteiger partial charge is 0.326 e. The highest BCUT2D eigenvalue weighted by atomic mass is 16.1. The maximum Gasteiger partial charge on any atom is 0.228 e. The van der Waals surface area contributed by atoms with Gasteiger partial charge in [-0.2, -0.15) is 0 Å². The summed E-state index contributed by atoms with van der Waals surface area (Å²) in [6.45, 7) is 7.61. The third-order valence-corrected chi connectivity index (χ3v) is 4.06. The number of fused-ring (bicyclic) bond motifs is 1. The Morgan fingerprint density at radius 3 is 2.63 bits per heavy atom. The Morgan fingerprint density at radius 2 is 2.00 bits per heavy atom. The number of hydrogen-bond donors (Lipinski definition) is 2. The quantitative estimate of drug-likeness (QED) is 0.824. The summed E-state index contributed by atoms with van der Waals surface area (Å²) in [5.41, 5.74) is 3.43. The molecule has 0 aromatic heterocycles. The Kier molecular flexibility index (Phi) is 4.59. The number of rotatable bonds is 6. The van der Waals surface area contributed by atoms with Crippen molar-refractivity contribution in [2.75, 3.05) is 11.9 Å². The van der Waals surface area contributed by atoms with Gasteiger partial charge < -0.3 is 10.6 Å². The van der Waals surface area contributed by atoms with Gasteiger partial charge in [0.25, 0.3) is 0 Å². The molecule has 1 unspecified atom stereocenters. The summed E-state index contributed by atoms with van der Waals surface area (Å²) >= 11 is 0. The van der Waals surface area contributed by atoms with Gasteiger partial charge in [-0.25, -0.2) is 0 Å². The van der Waals surface area contributed by atoms with E-state index in [0.717, 1.165) is 17.8 Å². The first-order valence-electron chi connectivity index (χ1n) is 7.35. The van der Waals surface area contributed by atoms with E-state index in [1.165, 1.54) is 18.4 Å². The van der Waals surface area contributed by atoms with Crippen LogP contribution in [0, 0.1) is 5.92 Å². The van der Waals surface area contributed by atoms with Crippen molar-refractivity contribution in [3.8, 4) is 0 Å². The molecule has 1 aliphatic heterocycles. The molecule has 0 saturated carbocycles. The van der Waals surface area contributed by atoms with Crippen molar-refractivity contribution in [2.24, 2.45) is 5.92 Å². The third-order valence-electron chi connectivity index (χ3n) is 4.06. The number of benzene rings is 1. The Hall–Kier alpha value is -1.35. The molecule has 0 spiro atoms. The molecule has 2 rings (SSSR count). The molecule has 1 aliphatic rings. The first-order chi connectivity index (χ1) is 9.19. The molecular weight excluding hydrogens is 236 g/mol. The van der Waals surface area contributed by atoms with Crippen LogP contribution in [0.3, 0.4) is 0 Å². The molecule has 3 heteroatoms. The van der Waals surface area contributed by atoms with Crippen LogP contribution in [-0.4, -0.2) is 12.5 Å². The molecule has 0 aliphatic carbocycles. The smallest absolute Gasteiger partial charge is 0.228 e. The minimum atomic E-state index is 0.106. The number of hydrogen-bond acceptors (Lipinski definition) is 2. The Morgan fingerprint density at radius 1 is 1.26 bits per heavy atom. The summed E-state index contributed by atoms with van der Waals surface area (Å²) < 4.78 is 0. The zero-order chi connectivity index (χ0) is 13.8. The van der Waals surface area contributed by atoms with Gasteiger partial charge in [0.1, 0.15) is 0 Å². The van der Waals surface area contributed by atoms with Gasteiger partial charge in [-0.05, 0) is 29.7 Å². The first-order valence-corrected chi connectivity index (χ1v) is 7.35. The molecule has 2 N–H and O–H groups in total. The zero-order valence-electron chi connectivity index (χ0n) is 12.1. The van der Waals surface area contributed by atoms with Crippen LogP contribution in [0.4, 0.5) is 5.69 Å². The minimum absolute atomic E-state index is 0.106. The van der Waals surface area contributed by atoms with E-state index >= 15 is 0 Å². The van der Waals surface area contributed by atoms with E-state index in [4.69, 9.17) is 0 Å². The van der Waals surface area contributed by atoms with Gasteiger partial charge in [0.05, 0.1) is 6.42 Å². The van der Waals surface area contributed by atoms with E-state index < -0.39 is 0 Å². The van der Waals surface area contributed by atoms with Gasteiger partial charge in [0, 0.05) is 11.7 Å². The second-order valence-electron chi connectivity index (χ2n) is 5.25. The molecule has 1 aromatic carbocycles. The lowest BCUT2D eigenvalue weighted by Gasteiger charge is -2.27. The van der Waals surface area contributed by atoms with E-state index in [-0.39, 0.29) is 5.91 Å². The molecule has 3 nitrogen and oxygen atoms in total. The average Bonchev–Trinajstić information content (AvgIpc) is 2.78. The van der Waals surface area contributed by atoms with Crippen LogP contribution in [0.5, 0.6) is 0 Å². The number of carbonyl (C=O) groups is 1. The summed E-state index contributed by atoms with van der Waals surface area (Å²) in [5.74, 6) is 0.748. The SMILES string of the molecule is CCNC(c1ccc2c(c1)CC(=O)N2)C(CC)CC. The highest BCUT2D eigenvalue weighted by Gasteiger charge is 2.23. The van der Waals surface area contributed by atoms with Gasteiger partial charge in [-0.15, -0.1) is 0 Å². The molecule has 1 atom stereocenters. The summed E-state index contributed by atoms with van der Waals surface area (Å²) in [5, 5.41) is 6.49. The van der Waals surface area contributed by atoms with Gasteiger partial charge >= 0.3 is 0 Å². The highest BCUT2D eigenvalue weighted by molar-refractivity contribution is 5.99. The molecule has 1 heterocycles. The van der Waals surface area contributed by atoms with Crippen LogP contribution in [0.25, 0.3) is 0 Å². The van der Waals surface area contributed by atoms with E-state index in [9.17, 15) is 4.79 Å². The van der Waals surface area contributed by atoms with Crippen molar-refractivity contribution in [2.45, 2.75) is 46.1 Å². The molecule has 1 aromatic rings. The van der Waals surface area contributed by atoms with Gasteiger partial charge in [-0.1, -0.05) is 45.7 Å². The van der Waals surface area contributed by atoms with Crippen LogP contribution in [0.1, 0.15) is 50.8 Å². The van der Waals surface area contributed by atoms with Crippen LogP contribution >= 0.6 is 0 Å².